The molecule has 2 aromatic rings. The number of hydrogen-bond donors (Lipinski definition) is 1. The third-order valence-electron chi connectivity index (χ3n) is 2.20. The first-order valence-electron chi connectivity index (χ1n) is 4.65. The zero-order valence-corrected chi connectivity index (χ0v) is 8.62. The number of nitrogens with two attached hydrogens (primary N) is 1. The van der Waals surface area contributed by atoms with Crippen LogP contribution in [0.4, 0.5) is 11.4 Å². The standard InChI is InChI=1S/C10H10N4O2/c1-7-5-6-13(12-7)9-4-2-3-8(11)10(9)14(15)16/h2-6H,11H2,1H3. The minimum absolute atomic E-state index is 0.120. The van der Waals surface area contributed by atoms with Gasteiger partial charge in [0.2, 0.25) is 0 Å². The molecule has 1 aromatic carbocycles. The third-order valence-corrected chi connectivity index (χ3v) is 2.20. The summed E-state index contributed by atoms with van der Waals surface area (Å²) in [5.41, 5.74) is 6.76. The second-order valence-corrected chi connectivity index (χ2v) is 3.37. The van der Waals surface area contributed by atoms with Gasteiger partial charge in [-0.3, -0.25) is 10.1 Å². The van der Waals surface area contributed by atoms with Crippen molar-refractivity contribution in [3.8, 4) is 5.69 Å². The molecule has 2 rings (SSSR count). The molecule has 1 aromatic heterocycles. The number of hydrogen-bond acceptors (Lipinski definition) is 4. The maximum Gasteiger partial charge on any atom is 0.317 e. The quantitative estimate of drug-likeness (QED) is 0.472. The fourth-order valence-electron chi connectivity index (χ4n) is 1.48. The molecule has 0 radical (unpaired) electrons. The summed E-state index contributed by atoms with van der Waals surface area (Å²) in [4.78, 5) is 10.4. The summed E-state index contributed by atoms with van der Waals surface area (Å²) < 4.78 is 1.45. The van der Waals surface area contributed by atoms with Gasteiger partial charge in [0.15, 0.2) is 0 Å². The number of benzene rings is 1. The van der Waals surface area contributed by atoms with Crippen molar-refractivity contribution in [2.24, 2.45) is 0 Å². The van der Waals surface area contributed by atoms with Crippen LogP contribution in [0, 0.1) is 17.0 Å². The molecule has 0 aliphatic carbocycles. The Morgan fingerprint density at radius 2 is 2.19 bits per heavy atom. The molecule has 0 aliphatic rings. The van der Waals surface area contributed by atoms with Crippen LogP contribution in [-0.4, -0.2) is 14.7 Å². The van der Waals surface area contributed by atoms with Gasteiger partial charge in [0.1, 0.15) is 11.4 Å². The Morgan fingerprint density at radius 1 is 1.44 bits per heavy atom. The topological polar surface area (TPSA) is 87.0 Å². The van der Waals surface area contributed by atoms with Crippen LogP contribution in [0.5, 0.6) is 0 Å². The van der Waals surface area contributed by atoms with E-state index in [0.717, 1.165) is 5.69 Å². The van der Waals surface area contributed by atoms with Gasteiger partial charge in [0.05, 0.1) is 10.6 Å². The molecule has 16 heavy (non-hydrogen) atoms. The number of nitro benzene ring substituents is 1. The second kappa shape index (κ2) is 3.65. The van der Waals surface area contributed by atoms with Crippen LogP contribution in [0.3, 0.4) is 0 Å². The molecule has 6 heteroatoms. The lowest BCUT2D eigenvalue weighted by molar-refractivity contribution is -0.383. The molecular weight excluding hydrogens is 208 g/mol. The van der Waals surface area contributed by atoms with E-state index in [1.165, 1.54) is 10.7 Å². The van der Waals surface area contributed by atoms with Crippen LogP contribution in [0.1, 0.15) is 5.69 Å². The summed E-state index contributed by atoms with van der Waals surface area (Å²) >= 11 is 0. The van der Waals surface area contributed by atoms with Gasteiger partial charge in [-0.05, 0) is 25.1 Å². The molecule has 0 spiro atoms. The molecule has 2 N–H and O–H groups in total. The highest BCUT2D eigenvalue weighted by molar-refractivity contribution is 5.68. The molecule has 0 saturated heterocycles. The molecular formula is C10H10N4O2. The van der Waals surface area contributed by atoms with Gasteiger partial charge in [-0.1, -0.05) is 6.07 Å². The summed E-state index contributed by atoms with van der Waals surface area (Å²) in [6.07, 6.45) is 1.66. The fraction of sp³-hybridized carbons (Fsp3) is 0.100. The van der Waals surface area contributed by atoms with E-state index in [2.05, 4.69) is 5.10 Å². The van der Waals surface area contributed by atoms with Crippen molar-refractivity contribution in [1.29, 1.82) is 0 Å². The normalized spacial score (nSPS) is 10.3. The summed E-state index contributed by atoms with van der Waals surface area (Å²) in [5.74, 6) is 0. The number of nitrogen functional groups attached to an aromatic ring is 1. The summed E-state index contributed by atoms with van der Waals surface area (Å²) in [5, 5.41) is 15.0. The molecule has 0 atom stereocenters. The molecule has 0 amide bonds. The van der Waals surface area contributed by atoms with E-state index in [4.69, 9.17) is 5.73 Å². The summed E-state index contributed by atoms with van der Waals surface area (Å²) in [6.45, 7) is 1.81. The minimum Gasteiger partial charge on any atom is -0.393 e. The van der Waals surface area contributed by atoms with E-state index in [9.17, 15) is 10.1 Å². The van der Waals surface area contributed by atoms with E-state index in [0.29, 0.717) is 5.69 Å². The number of anilines is 1. The minimum atomic E-state index is -0.498. The SMILES string of the molecule is Cc1ccn(-c2cccc(N)c2[N+](=O)[O-])n1. The van der Waals surface area contributed by atoms with E-state index in [1.807, 2.05) is 6.92 Å². The largest absolute Gasteiger partial charge is 0.393 e. The van der Waals surface area contributed by atoms with Gasteiger partial charge in [-0.25, -0.2) is 4.68 Å². The van der Waals surface area contributed by atoms with Crippen LogP contribution < -0.4 is 5.73 Å². The smallest absolute Gasteiger partial charge is 0.317 e. The van der Waals surface area contributed by atoms with Crippen LogP contribution in [0.15, 0.2) is 30.5 Å². The van der Waals surface area contributed by atoms with E-state index in [1.54, 1.807) is 24.4 Å². The lowest BCUT2D eigenvalue weighted by atomic mass is 10.2. The lowest BCUT2D eigenvalue weighted by Gasteiger charge is -2.04. The number of aryl methyl sites for hydroxylation is 1. The average Bonchev–Trinajstić information content (AvgIpc) is 2.63. The zero-order valence-electron chi connectivity index (χ0n) is 8.62. The summed E-state index contributed by atoms with van der Waals surface area (Å²) in [7, 11) is 0. The average molecular weight is 218 g/mol. The molecule has 0 aliphatic heterocycles. The molecule has 6 nitrogen and oxygen atoms in total. The van der Waals surface area contributed by atoms with Gasteiger partial charge in [-0.15, -0.1) is 0 Å². The van der Waals surface area contributed by atoms with Crippen LogP contribution in [0.2, 0.25) is 0 Å². The van der Waals surface area contributed by atoms with Crippen LogP contribution in [0.25, 0.3) is 5.69 Å². The van der Waals surface area contributed by atoms with Crippen molar-refractivity contribution in [1.82, 2.24) is 9.78 Å². The number of para-hydroxylation sites is 1. The lowest BCUT2D eigenvalue weighted by Crippen LogP contribution is -2.03. The van der Waals surface area contributed by atoms with Gasteiger partial charge in [-0.2, -0.15) is 5.10 Å². The Bertz CT molecular complexity index is 548. The first-order chi connectivity index (χ1) is 7.59. The summed E-state index contributed by atoms with van der Waals surface area (Å²) in [6, 6.07) is 6.54. The monoisotopic (exact) mass is 218 g/mol. The Kier molecular flexibility index (Phi) is 2.32. The number of nitro groups is 1. The Balaban J connectivity index is 2.65. The van der Waals surface area contributed by atoms with Gasteiger partial charge < -0.3 is 5.73 Å². The molecule has 0 fully saturated rings. The van der Waals surface area contributed by atoms with Crippen LogP contribution in [-0.2, 0) is 0 Å². The predicted molar refractivity (Wildman–Crippen MR) is 59.4 cm³/mol. The highest BCUT2D eigenvalue weighted by Gasteiger charge is 2.19. The van der Waals surface area contributed by atoms with Gasteiger partial charge >= 0.3 is 5.69 Å². The highest BCUT2D eigenvalue weighted by atomic mass is 16.6. The Labute approximate surface area is 91.5 Å². The molecule has 0 unspecified atom stereocenters. The number of aromatic nitrogens is 2. The van der Waals surface area contributed by atoms with E-state index in [-0.39, 0.29) is 11.4 Å². The highest BCUT2D eigenvalue weighted by Crippen LogP contribution is 2.28. The first-order valence-corrected chi connectivity index (χ1v) is 4.65. The molecule has 82 valence electrons. The molecule has 1 heterocycles. The van der Waals surface area contributed by atoms with Gasteiger partial charge in [0, 0.05) is 6.20 Å². The van der Waals surface area contributed by atoms with E-state index >= 15 is 0 Å². The van der Waals surface area contributed by atoms with Crippen molar-refractivity contribution in [2.45, 2.75) is 6.92 Å². The van der Waals surface area contributed by atoms with Gasteiger partial charge in [0.25, 0.3) is 0 Å². The zero-order chi connectivity index (χ0) is 11.7. The second-order valence-electron chi connectivity index (χ2n) is 3.37. The van der Waals surface area contributed by atoms with Crippen molar-refractivity contribution in [2.75, 3.05) is 5.73 Å². The molecule has 0 saturated carbocycles. The molecule has 0 bridgehead atoms. The first kappa shape index (κ1) is 10.2. The van der Waals surface area contributed by atoms with Crippen molar-refractivity contribution >= 4 is 11.4 Å². The Hall–Kier alpha value is -2.37. The third kappa shape index (κ3) is 1.60. The number of rotatable bonds is 2. The Morgan fingerprint density at radius 3 is 2.75 bits per heavy atom. The van der Waals surface area contributed by atoms with Crippen molar-refractivity contribution in [3.05, 3.63) is 46.3 Å². The van der Waals surface area contributed by atoms with Crippen LogP contribution >= 0.6 is 0 Å². The maximum atomic E-state index is 10.9. The predicted octanol–water partition coefficient (Wildman–Crippen LogP) is 1.67. The fourth-order valence-corrected chi connectivity index (χ4v) is 1.48. The van der Waals surface area contributed by atoms with Crippen molar-refractivity contribution < 1.29 is 4.92 Å². The van der Waals surface area contributed by atoms with E-state index < -0.39 is 4.92 Å². The maximum absolute atomic E-state index is 10.9. The van der Waals surface area contributed by atoms with Crippen molar-refractivity contribution in [3.63, 3.8) is 0 Å². The number of nitrogens with zero attached hydrogens (tertiary/aromatic N) is 3.